The van der Waals surface area contributed by atoms with Gasteiger partial charge in [-0.15, -0.1) is 6.58 Å². The summed E-state index contributed by atoms with van der Waals surface area (Å²) in [4.78, 5) is 18.0. The number of fused-ring (bicyclic) bond motifs is 1. The summed E-state index contributed by atoms with van der Waals surface area (Å²) in [5, 5.41) is 4.69. The third kappa shape index (κ3) is 6.10. The molecule has 1 heterocycles. The SMILES string of the molecule is C=CCc1cc(C=Nn2c(-c3cccc(C(F)(F)F)c3)nc3ccccc3c2=O)cc(OC)c1OCc1ccccc1. The Morgan fingerprint density at radius 3 is 2.48 bits per heavy atom. The van der Waals surface area contributed by atoms with Crippen molar-refractivity contribution in [1.29, 1.82) is 0 Å². The molecule has 42 heavy (non-hydrogen) atoms. The number of aromatic nitrogens is 2. The lowest BCUT2D eigenvalue weighted by molar-refractivity contribution is -0.137. The largest absolute Gasteiger partial charge is 0.493 e. The molecule has 4 aromatic carbocycles. The number of alkyl halides is 3. The van der Waals surface area contributed by atoms with Crippen LogP contribution in [0.5, 0.6) is 11.5 Å². The summed E-state index contributed by atoms with van der Waals surface area (Å²) in [6, 6.07) is 24.5. The number of methoxy groups -OCH3 is 1. The Hall–Kier alpha value is -5.18. The summed E-state index contributed by atoms with van der Waals surface area (Å²) >= 11 is 0. The zero-order chi connectivity index (χ0) is 29.7. The van der Waals surface area contributed by atoms with Crippen LogP contribution in [0.3, 0.4) is 0 Å². The Labute approximate surface area is 240 Å². The van der Waals surface area contributed by atoms with E-state index in [1.54, 1.807) is 36.4 Å². The normalized spacial score (nSPS) is 11.6. The standard InChI is InChI=1S/C33H26F3N3O3/c1-3-10-24-17-23(18-29(41-2)30(24)42-21-22-11-5-4-6-12-22)20-37-39-31(25-13-9-14-26(19-25)33(34,35)36)38-28-16-8-7-15-27(28)32(39)40/h3-9,11-20H,1,10,21H2,2H3. The Kier molecular flexibility index (Phi) is 8.19. The lowest BCUT2D eigenvalue weighted by Gasteiger charge is -2.16. The molecule has 5 aromatic rings. The van der Waals surface area contributed by atoms with Crippen molar-refractivity contribution in [1.82, 2.24) is 9.66 Å². The Morgan fingerprint density at radius 2 is 1.74 bits per heavy atom. The van der Waals surface area contributed by atoms with Gasteiger partial charge in [0.25, 0.3) is 5.56 Å². The predicted octanol–water partition coefficient (Wildman–Crippen LogP) is 7.28. The molecule has 0 unspecified atom stereocenters. The van der Waals surface area contributed by atoms with Gasteiger partial charge in [0.15, 0.2) is 17.3 Å². The number of nitrogens with zero attached hydrogens (tertiary/aromatic N) is 3. The lowest BCUT2D eigenvalue weighted by atomic mass is 10.1. The molecule has 0 saturated carbocycles. The van der Waals surface area contributed by atoms with Crippen LogP contribution in [0.2, 0.25) is 0 Å². The first-order valence-electron chi connectivity index (χ1n) is 13.0. The summed E-state index contributed by atoms with van der Waals surface area (Å²) in [7, 11) is 1.52. The van der Waals surface area contributed by atoms with Crippen molar-refractivity contribution in [2.75, 3.05) is 7.11 Å². The van der Waals surface area contributed by atoms with Gasteiger partial charge in [0.1, 0.15) is 6.61 Å². The molecule has 0 radical (unpaired) electrons. The third-order valence-corrected chi connectivity index (χ3v) is 6.49. The fourth-order valence-electron chi connectivity index (χ4n) is 4.49. The molecule has 6 nitrogen and oxygen atoms in total. The van der Waals surface area contributed by atoms with Gasteiger partial charge in [-0.05, 0) is 53.9 Å². The maximum Gasteiger partial charge on any atom is 0.416 e. The number of allylic oxidation sites excluding steroid dienone is 1. The third-order valence-electron chi connectivity index (χ3n) is 6.49. The smallest absolute Gasteiger partial charge is 0.416 e. The molecular formula is C33H26F3N3O3. The molecule has 1 aromatic heterocycles. The van der Waals surface area contributed by atoms with E-state index in [2.05, 4.69) is 16.7 Å². The van der Waals surface area contributed by atoms with Crippen molar-refractivity contribution in [2.24, 2.45) is 5.10 Å². The fourth-order valence-corrected chi connectivity index (χ4v) is 4.49. The number of halogens is 3. The molecule has 5 rings (SSSR count). The van der Waals surface area contributed by atoms with Crippen molar-refractivity contribution in [3.8, 4) is 22.9 Å². The first-order valence-corrected chi connectivity index (χ1v) is 13.0. The number of para-hydroxylation sites is 1. The minimum atomic E-state index is -4.57. The van der Waals surface area contributed by atoms with Crippen molar-refractivity contribution >= 4 is 17.1 Å². The van der Waals surface area contributed by atoms with Crippen LogP contribution in [0.1, 0.15) is 22.3 Å². The lowest BCUT2D eigenvalue weighted by Crippen LogP contribution is -2.20. The summed E-state index contributed by atoms with van der Waals surface area (Å²) in [6.45, 7) is 4.17. The van der Waals surface area contributed by atoms with Crippen molar-refractivity contribution < 1.29 is 22.6 Å². The molecule has 212 valence electrons. The Morgan fingerprint density at radius 1 is 0.976 bits per heavy atom. The highest BCUT2D eigenvalue weighted by atomic mass is 19.4. The van der Waals surface area contributed by atoms with Crippen LogP contribution in [0.4, 0.5) is 13.2 Å². The van der Waals surface area contributed by atoms with Crippen molar-refractivity contribution in [3.05, 3.63) is 136 Å². The van der Waals surface area contributed by atoms with Crippen LogP contribution in [-0.4, -0.2) is 23.0 Å². The molecule has 0 N–H and O–H groups in total. The molecule has 0 spiro atoms. The monoisotopic (exact) mass is 569 g/mol. The molecule has 9 heteroatoms. The molecular weight excluding hydrogens is 543 g/mol. The van der Waals surface area contributed by atoms with Gasteiger partial charge in [0, 0.05) is 11.1 Å². The summed E-state index contributed by atoms with van der Waals surface area (Å²) in [6.07, 6.45) is -0.932. The summed E-state index contributed by atoms with van der Waals surface area (Å²) in [5.74, 6) is 0.976. The number of benzene rings is 4. The average molecular weight is 570 g/mol. The second kappa shape index (κ2) is 12.1. The molecule has 0 bridgehead atoms. The van der Waals surface area contributed by atoms with Gasteiger partial charge in [0.05, 0.1) is 29.8 Å². The highest BCUT2D eigenvalue weighted by Gasteiger charge is 2.31. The number of hydrogen-bond donors (Lipinski definition) is 0. The summed E-state index contributed by atoms with van der Waals surface area (Å²) < 4.78 is 53.2. The zero-order valence-corrected chi connectivity index (χ0v) is 22.6. The van der Waals surface area contributed by atoms with E-state index in [9.17, 15) is 18.0 Å². The van der Waals surface area contributed by atoms with Gasteiger partial charge in [-0.3, -0.25) is 4.79 Å². The van der Waals surface area contributed by atoms with E-state index in [1.807, 2.05) is 36.4 Å². The molecule has 0 aliphatic rings. The Balaban J connectivity index is 1.60. The molecule has 0 saturated heterocycles. The molecule has 0 amide bonds. The van der Waals surface area contributed by atoms with Gasteiger partial charge in [-0.2, -0.15) is 22.9 Å². The molecule has 0 aliphatic carbocycles. The van der Waals surface area contributed by atoms with Gasteiger partial charge in [0.2, 0.25) is 0 Å². The van der Waals surface area contributed by atoms with Crippen LogP contribution in [0.25, 0.3) is 22.3 Å². The second-order valence-electron chi connectivity index (χ2n) is 9.37. The van der Waals surface area contributed by atoms with Gasteiger partial charge < -0.3 is 9.47 Å². The minimum absolute atomic E-state index is 0.0258. The highest BCUT2D eigenvalue weighted by molar-refractivity contribution is 5.83. The minimum Gasteiger partial charge on any atom is -0.493 e. The molecule has 0 fully saturated rings. The second-order valence-corrected chi connectivity index (χ2v) is 9.37. The molecule has 0 atom stereocenters. The Bertz CT molecular complexity index is 1830. The quantitative estimate of drug-likeness (QED) is 0.138. The number of ether oxygens (including phenoxy) is 2. The van der Waals surface area contributed by atoms with E-state index in [4.69, 9.17) is 9.47 Å². The van der Waals surface area contributed by atoms with E-state index in [1.165, 1.54) is 25.5 Å². The maximum atomic E-state index is 13.5. The van der Waals surface area contributed by atoms with Crippen molar-refractivity contribution in [2.45, 2.75) is 19.2 Å². The van der Waals surface area contributed by atoms with Gasteiger partial charge in [-0.25, -0.2) is 4.98 Å². The van der Waals surface area contributed by atoms with E-state index < -0.39 is 17.3 Å². The molecule has 0 aliphatic heterocycles. The van der Waals surface area contributed by atoms with Gasteiger partial charge in [-0.1, -0.05) is 60.7 Å². The van der Waals surface area contributed by atoms with Crippen LogP contribution in [0, 0.1) is 0 Å². The van der Waals surface area contributed by atoms with Crippen LogP contribution in [-0.2, 0) is 19.2 Å². The summed E-state index contributed by atoms with van der Waals surface area (Å²) in [5.41, 5.74) is 1.40. The van der Waals surface area contributed by atoms with Crippen LogP contribution >= 0.6 is 0 Å². The number of rotatable bonds is 9. The fraction of sp³-hybridized carbons (Fsp3) is 0.121. The highest BCUT2D eigenvalue weighted by Crippen LogP contribution is 2.34. The topological polar surface area (TPSA) is 65.7 Å². The van der Waals surface area contributed by atoms with E-state index in [0.29, 0.717) is 35.6 Å². The van der Waals surface area contributed by atoms with Gasteiger partial charge >= 0.3 is 6.18 Å². The van der Waals surface area contributed by atoms with Crippen LogP contribution < -0.4 is 15.0 Å². The number of hydrogen-bond acceptors (Lipinski definition) is 5. The van der Waals surface area contributed by atoms with E-state index in [-0.39, 0.29) is 16.8 Å². The van der Waals surface area contributed by atoms with E-state index in [0.717, 1.165) is 27.9 Å². The zero-order valence-electron chi connectivity index (χ0n) is 22.6. The average Bonchev–Trinajstić information content (AvgIpc) is 3.00. The van der Waals surface area contributed by atoms with E-state index >= 15 is 0 Å². The van der Waals surface area contributed by atoms with Crippen molar-refractivity contribution in [3.63, 3.8) is 0 Å². The first kappa shape index (κ1) is 28.4. The van der Waals surface area contributed by atoms with Crippen LogP contribution in [0.15, 0.2) is 114 Å². The maximum absolute atomic E-state index is 13.5. The predicted molar refractivity (Wildman–Crippen MR) is 157 cm³/mol. The first-order chi connectivity index (χ1) is 20.3.